The Labute approximate surface area is 101 Å². The summed E-state index contributed by atoms with van der Waals surface area (Å²) in [5.41, 5.74) is 0.0667. The fourth-order valence-electron chi connectivity index (χ4n) is 1.44. The van der Waals surface area contributed by atoms with Crippen molar-refractivity contribution >= 4 is 5.69 Å². The molecule has 17 heavy (non-hydrogen) atoms. The highest BCUT2D eigenvalue weighted by molar-refractivity contribution is 5.71. The van der Waals surface area contributed by atoms with E-state index < -0.39 is 0 Å². The average Bonchev–Trinajstić information content (AvgIpc) is 2.35. The van der Waals surface area contributed by atoms with E-state index in [1.54, 1.807) is 0 Å². The summed E-state index contributed by atoms with van der Waals surface area (Å²) in [6, 6.07) is 4.80. The van der Waals surface area contributed by atoms with Crippen LogP contribution < -0.4 is 4.74 Å². The Balaban J connectivity index is 2.87. The molecule has 0 saturated heterocycles. The van der Waals surface area contributed by atoms with Gasteiger partial charge < -0.3 is 9.84 Å². The lowest BCUT2D eigenvalue weighted by Crippen LogP contribution is -1.98. The molecule has 0 amide bonds. The number of hydrogen-bond donors (Lipinski definition) is 1. The molecule has 0 heterocycles. The molecule has 0 aliphatic rings. The largest absolute Gasteiger partial charge is 0.519 e. The molecule has 0 spiro atoms. The number of phenols is 1. The van der Waals surface area contributed by atoms with Crippen LogP contribution >= 0.6 is 0 Å². The predicted molar refractivity (Wildman–Crippen MR) is 64.1 cm³/mol. The van der Waals surface area contributed by atoms with Gasteiger partial charge in [0, 0.05) is 0 Å². The highest BCUT2D eigenvalue weighted by Crippen LogP contribution is 2.36. The average molecular weight is 230 g/mol. The number of ether oxygens (including phenoxy) is 1. The monoisotopic (exact) mass is 230 g/mol. The van der Waals surface area contributed by atoms with Crippen molar-refractivity contribution in [3.63, 3.8) is 0 Å². The topological polar surface area (TPSA) is 57.6 Å². The second-order valence-corrected chi connectivity index (χ2v) is 3.59. The fraction of sp³-hybridized carbons (Fsp3) is 0.385. The molecule has 1 aromatic carbocycles. The van der Waals surface area contributed by atoms with E-state index in [0.717, 1.165) is 19.3 Å². The number of nitriles is 1. The maximum absolute atomic E-state index is 9.44. The SMILES string of the molecule is [C-]#[N+]c1c(O)ccc(OCCCCC)c1C#N. The van der Waals surface area contributed by atoms with Crippen LogP contribution in [0.1, 0.15) is 31.7 Å². The van der Waals surface area contributed by atoms with Gasteiger partial charge in [-0.1, -0.05) is 19.8 Å². The highest BCUT2D eigenvalue weighted by Gasteiger charge is 2.13. The molecule has 0 unspecified atom stereocenters. The lowest BCUT2D eigenvalue weighted by atomic mass is 10.1. The quantitative estimate of drug-likeness (QED) is 0.623. The molecular weight excluding hydrogens is 216 g/mol. The third-order valence-corrected chi connectivity index (χ3v) is 2.35. The highest BCUT2D eigenvalue weighted by atomic mass is 16.5. The summed E-state index contributed by atoms with van der Waals surface area (Å²) in [5, 5.41) is 18.4. The van der Waals surface area contributed by atoms with E-state index in [-0.39, 0.29) is 17.0 Å². The zero-order valence-electron chi connectivity index (χ0n) is 9.73. The number of benzene rings is 1. The maximum Gasteiger partial charge on any atom is 0.248 e. The molecule has 88 valence electrons. The molecule has 1 aromatic rings. The van der Waals surface area contributed by atoms with E-state index in [9.17, 15) is 5.11 Å². The van der Waals surface area contributed by atoms with Crippen molar-refractivity contribution in [1.29, 1.82) is 5.26 Å². The van der Waals surface area contributed by atoms with E-state index in [1.807, 2.05) is 6.07 Å². The smallest absolute Gasteiger partial charge is 0.248 e. The van der Waals surface area contributed by atoms with Gasteiger partial charge in [-0.3, -0.25) is 0 Å². The van der Waals surface area contributed by atoms with E-state index in [1.165, 1.54) is 12.1 Å². The lowest BCUT2D eigenvalue weighted by molar-refractivity contribution is 0.305. The van der Waals surface area contributed by atoms with Gasteiger partial charge in [-0.2, -0.15) is 5.26 Å². The second-order valence-electron chi connectivity index (χ2n) is 3.59. The lowest BCUT2D eigenvalue weighted by Gasteiger charge is -2.09. The first-order valence-electron chi connectivity index (χ1n) is 5.51. The molecule has 0 atom stereocenters. The minimum absolute atomic E-state index is 0.0412. The van der Waals surface area contributed by atoms with Crippen LogP contribution in [0.2, 0.25) is 0 Å². The van der Waals surface area contributed by atoms with E-state index in [2.05, 4.69) is 11.8 Å². The minimum Gasteiger partial charge on any atom is -0.519 e. The molecule has 0 aliphatic carbocycles. The number of hydrogen-bond acceptors (Lipinski definition) is 3. The van der Waals surface area contributed by atoms with Gasteiger partial charge in [0.15, 0.2) is 0 Å². The van der Waals surface area contributed by atoms with Gasteiger partial charge in [-0.15, -0.1) is 0 Å². The first-order chi connectivity index (χ1) is 8.24. The zero-order valence-corrected chi connectivity index (χ0v) is 9.73. The molecule has 0 fully saturated rings. The van der Waals surface area contributed by atoms with Crippen molar-refractivity contribution in [2.75, 3.05) is 6.61 Å². The van der Waals surface area contributed by atoms with Crippen LogP contribution in [-0.2, 0) is 0 Å². The third-order valence-electron chi connectivity index (χ3n) is 2.35. The van der Waals surface area contributed by atoms with Crippen molar-refractivity contribution in [3.05, 3.63) is 29.1 Å². The molecule has 4 heteroatoms. The second kappa shape index (κ2) is 6.40. The van der Waals surface area contributed by atoms with Gasteiger partial charge in [0.05, 0.1) is 19.2 Å². The summed E-state index contributed by atoms with van der Waals surface area (Å²) in [6.45, 7) is 9.54. The van der Waals surface area contributed by atoms with Crippen molar-refractivity contribution in [1.82, 2.24) is 0 Å². The van der Waals surface area contributed by atoms with Gasteiger partial charge in [0.25, 0.3) is 0 Å². The zero-order chi connectivity index (χ0) is 12.7. The summed E-state index contributed by atoms with van der Waals surface area (Å²) in [4.78, 5) is 3.14. The summed E-state index contributed by atoms with van der Waals surface area (Å²) >= 11 is 0. The van der Waals surface area contributed by atoms with E-state index in [4.69, 9.17) is 16.6 Å². The summed E-state index contributed by atoms with van der Waals surface area (Å²) in [5.74, 6) is 0.185. The summed E-state index contributed by atoms with van der Waals surface area (Å²) in [7, 11) is 0. The molecule has 0 radical (unpaired) electrons. The molecule has 1 N–H and O–H groups in total. The first kappa shape index (κ1) is 12.9. The Bertz CT molecular complexity index is 470. The van der Waals surface area contributed by atoms with Crippen LogP contribution in [0.15, 0.2) is 12.1 Å². The molecule has 0 bridgehead atoms. The van der Waals surface area contributed by atoms with Gasteiger partial charge in [0.1, 0.15) is 17.1 Å². The van der Waals surface area contributed by atoms with Crippen LogP contribution in [0.3, 0.4) is 0 Å². The standard InChI is InChI=1S/C13H14N2O2/c1-3-4-5-8-17-12-7-6-11(16)13(15-2)10(12)9-14/h6-7,16H,3-5,8H2,1H3. The number of nitrogens with zero attached hydrogens (tertiary/aromatic N) is 2. The van der Waals surface area contributed by atoms with E-state index >= 15 is 0 Å². The fourth-order valence-corrected chi connectivity index (χ4v) is 1.44. The normalized spacial score (nSPS) is 9.35. The summed E-state index contributed by atoms with van der Waals surface area (Å²) in [6.07, 6.45) is 3.07. The van der Waals surface area contributed by atoms with E-state index in [0.29, 0.717) is 12.4 Å². The number of aromatic hydroxyl groups is 1. The number of phenolic OH excluding ortho intramolecular Hbond substituents is 1. The van der Waals surface area contributed by atoms with Crippen LogP contribution in [0.25, 0.3) is 4.85 Å². The Kier molecular flexibility index (Phi) is 4.84. The van der Waals surface area contributed by atoms with Gasteiger partial charge in [-0.05, 0) is 18.6 Å². The van der Waals surface area contributed by atoms with Crippen molar-refractivity contribution in [3.8, 4) is 17.6 Å². The van der Waals surface area contributed by atoms with Crippen molar-refractivity contribution in [2.24, 2.45) is 0 Å². The van der Waals surface area contributed by atoms with Crippen LogP contribution in [-0.4, -0.2) is 11.7 Å². The Morgan fingerprint density at radius 1 is 1.47 bits per heavy atom. The molecule has 1 rings (SSSR count). The Morgan fingerprint density at radius 2 is 2.24 bits per heavy atom. The number of rotatable bonds is 5. The molecule has 0 aliphatic heterocycles. The molecule has 0 aromatic heterocycles. The molecule has 4 nitrogen and oxygen atoms in total. The maximum atomic E-state index is 9.44. The Morgan fingerprint density at radius 3 is 2.82 bits per heavy atom. The number of unbranched alkanes of at least 4 members (excludes halogenated alkanes) is 2. The van der Waals surface area contributed by atoms with Crippen molar-refractivity contribution in [2.45, 2.75) is 26.2 Å². The van der Waals surface area contributed by atoms with Gasteiger partial charge in [-0.25, -0.2) is 4.85 Å². The third kappa shape index (κ3) is 3.12. The van der Waals surface area contributed by atoms with Crippen molar-refractivity contribution < 1.29 is 9.84 Å². The minimum atomic E-state index is -0.183. The van der Waals surface area contributed by atoms with Crippen LogP contribution in [0.4, 0.5) is 5.69 Å². The van der Waals surface area contributed by atoms with Gasteiger partial charge in [0.2, 0.25) is 5.69 Å². The van der Waals surface area contributed by atoms with Gasteiger partial charge >= 0.3 is 0 Å². The first-order valence-corrected chi connectivity index (χ1v) is 5.51. The predicted octanol–water partition coefficient (Wildman–Crippen LogP) is 3.38. The molecular formula is C13H14N2O2. The van der Waals surface area contributed by atoms with Crippen LogP contribution in [0, 0.1) is 17.9 Å². The Hall–Kier alpha value is -2.20. The molecule has 0 saturated carbocycles. The van der Waals surface area contributed by atoms with Crippen LogP contribution in [0.5, 0.6) is 11.5 Å². The summed E-state index contributed by atoms with van der Waals surface area (Å²) < 4.78 is 5.45.